The first-order valence-electron chi connectivity index (χ1n) is 11.7. The molecule has 0 aliphatic carbocycles. The maximum atomic E-state index is 12.8. The van der Waals surface area contributed by atoms with E-state index in [0.717, 1.165) is 16.8 Å². The van der Waals surface area contributed by atoms with Crippen molar-refractivity contribution in [3.8, 4) is 5.75 Å². The topological polar surface area (TPSA) is 83.4 Å². The quantitative estimate of drug-likeness (QED) is 0.506. The number of aryl methyl sites for hydroxylation is 1. The number of hydrogen-bond acceptors (Lipinski definition) is 6. The monoisotopic (exact) mass is 498 g/mol. The lowest BCUT2D eigenvalue weighted by atomic mass is 9.98. The normalized spacial score (nSPS) is 19.2. The zero-order chi connectivity index (χ0) is 25.1. The van der Waals surface area contributed by atoms with E-state index < -0.39 is 5.25 Å². The summed E-state index contributed by atoms with van der Waals surface area (Å²) in [7, 11) is 1.57. The fourth-order valence-corrected chi connectivity index (χ4v) is 5.29. The fraction of sp³-hybridized carbons (Fsp3) is 0.214. The summed E-state index contributed by atoms with van der Waals surface area (Å²) in [5.41, 5.74) is 4.89. The Bertz CT molecular complexity index is 1340. The van der Waals surface area contributed by atoms with Crippen LogP contribution in [-0.4, -0.2) is 40.1 Å². The van der Waals surface area contributed by atoms with Gasteiger partial charge in [-0.1, -0.05) is 78.0 Å². The number of thioether (sulfide) groups is 1. The van der Waals surface area contributed by atoms with Crippen molar-refractivity contribution in [2.45, 2.75) is 31.1 Å². The van der Waals surface area contributed by atoms with Gasteiger partial charge in [-0.2, -0.15) is 10.1 Å². The molecule has 3 aromatic carbocycles. The standard InChI is InChI=1S/C28H26N4O3S/c1-18-11-13-19(14-12-18)23-16-24(20-7-4-3-5-8-20)32(31-23)28-30-27(34)25(36-28)17-26(33)29-21-9-6-10-22(15-21)35-2/h3-15,24-25H,16-17H2,1-2H3,(H,29,33). The number of anilines is 1. The van der Waals surface area contributed by atoms with Crippen LogP contribution in [0, 0.1) is 6.92 Å². The van der Waals surface area contributed by atoms with E-state index in [2.05, 4.69) is 53.6 Å². The minimum Gasteiger partial charge on any atom is -0.497 e. The number of benzene rings is 3. The summed E-state index contributed by atoms with van der Waals surface area (Å²) >= 11 is 1.29. The first-order valence-corrected chi connectivity index (χ1v) is 12.6. The van der Waals surface area contributed by atoms with Gasteiger partial charge in [-0.3, -0.25) is 9.59 Å². The van der Waals surface area contributed by atoms with Crippen LogP contribution in [0.5, 0.6) is 5.75 Å². The van der Waals surface area contributed by atoms with Gasteiger partial charge in [0.2, 0.25) is 5.91 Å². The summed E-state index contributed by atoms with van der Waals surface area (Å²) in [5, 5.41) is 9.50. The molecular weight excluding hydrogens is 472 g/mol. The van der Waals surface area contributed by atoms with Crippen molar-refractivity contribution in [1.29, 1.82) is 0 Å². The lowest BCUT2D eigenvalue weighted by molar-refractivity contribution is -0.121. The molecule has 2 unspecified atom stereocenters. The summed E-state index contributed by atoms with van der Waals surface area (Å²) < 4.78 is 5.21. The van der Waals surface area contributed by atoms with Gasteiger partial charge in [-0.05, 0) is 30.2 Å². The summed E-state index contributed by atoms with van der Waals surface area (Å²) in [6.45, 7) is 2.05. The third-order valence-electron chi connectivity index (χ3n) is 6.13. The predicted molar refractivity (Wildman–Crippen MR) is 143 cm³/mol. The van der Waals surface area contributed by atoms with E-state index in [-0.39, 0.29) is 24.3 Å². The summed E-state index contributed by atoms with van der Waals surface area (Å²) in [5.74, 6) is 0.0741. The molecule has 0 radical (unpaired) electrons. The SMILES string of the molecule is COc1cccc(NC(=O)CC2SC(N3N=C(c4ccc(C)cc4)CC3c3ccccc3)=NC2=O)c1. The number of ether oxygens (including phenoxy) is 1. The lowest BCUT2D eigenvalue weighted by Gasteiger charge is -2.23. The molecule has 2 heterocycles. The largest absolute Gasteiger partial charge is 0.497 e. The Labute approximate surface area is 214 Å². The van der Waals surface area contributed by atoms with E-state index in [0.29, 0.717) is 23.0 Å². The molecule has 2 atom stereocenters. The van der Waals surface area contributed by atoms with Crippen LogP contribution in [-0.2, 0) is 9.59 Å². The zero-order valence-corrected chi connectivity index (χ0v) is 20.9. The number of aliphatic imine (C=N–C) groups is 1. The number of hydrogen-bond donors (Lipinski definition) is 1. The highest BCUT2D eigenvalue weighted by atomic mass is 32.2. The van der Waals surface area contributed by atoms with Gasteiger partial charge in [-0.25, -0.2) is 5.01 Å². The minimum atomic E-state index is -0.597. The average Bonchev–Trinajstić information content (AvgIpc) is 3.49. The third-order valence-corrected chi connectivity index (χ3v) is 7.27. The number of rotatable bonds is 6. The van der Waals surface area contributed by atoms with Crippen molar-refractivity contribution in [3.63, 3.8) is 0 Å². The van der Waals surface area contributed by atoms with Crippen molar-refractivity contribution in [3.05, 3.63) is 95.6 Å². The molecule has 5 rings (SSSR count). The first-order chi connectivity index (χ1) is 17.5. The molecule has 36 heavy (non-hydrogen) atoms. The minimum absolute atomic E-state index is 0.0199. The molecule has 0 bridgehead atoms. The molecule has 2 amide bonds. The van der Waals surface area contributed by atoms with Gasteiger partial charge < -0.3 is 10.1 Å². The second-order valence-electron chi connectivity index (χ2n) is 8.71. The molecule has 3 aromatic rings. The Morgan fingerprint density at radius 1 is 1.08 bits per heavy atom. The molecule has 8 heteroatoms. The molecule has 1 N–H and O–H groups in total. The van der Waals surface area contributed by atoms with Crippen molar-refractivity contribution in [2.24, 2.45) is 10.1 Å². The lowest BCUT2D eigenvalue weighted by Crippen LogP contribution is -2.25. The molecule has 2 aliphatic rings. The highest BCUT2D eigenvalue weighted by Gasteiger charge is 2.39. The van der Waals surface area contributed by atoms with Crippen LogP contribution >= 0.6 is 11.8 Å². The Morgan fingerprint density at radius 2 is 1.86 bits per heavy atom. The molecule has 0 saturated carbocycles. The molecule has 2 aliphatic heterocycles. The van der Waals surface area contributed by atoms with Crippen LogP contribution in [0.3, 0.4) is 0 Å². The van der Waals surface area contributed by atoms with Crippen molar-refractivity contribution in [2.75, 3.05) is 12.4 Å². The average molecular weight is 499 g/mol. The van der Waals surface area contributed by atoms with E-state index in [1.54, 1.807) is 31.4 Å². The van der Waals surface area contributed by atoms with E-state index in [4.69, 9.17) is 9.84 Å². The molecule has 0 fully saturated rings. The smallest absolute Gasteiger partial charge is 0.262 e. The van der Waals surface area contributed by atoms with Gasteiger partial charge >= 0.3 is 0 Å². The Hall–Kier alpha value is -3.91. The first kappa shape index (κ1) is 23.8. The highest BCUT2D eigenvalue weighted by molar-refractivity contribution is 8.15. The fourth-order valence-electron chi connectivity index (χ4n) is 4.23. The van der Waals surface area contributed by atoms with Crippen LogP contribution in [0.1, 0.15) is 35.6 Å². The molecule has 182 valence electrons. The van der Waals surface area contributed by atoms with E-state index in [1.807, 2.05) is 23.2 Å². The number of hydrazone groups is 1. The molecule has 0 aromatic heterocycles. The molecule has 0 spiro atoms. The number of carbonyl (C=O) groups is 2. The Kier molecular flexibility index (Phi) is 6.86. The van der Waals surface area contributed by atoms with Crippen LogP contribution in [0.2, 0.25) is 0 Å². The van der Waals surface area contributed by atoms with Gasteiger partial charge in [0.25, 0.3) is 5.91 Å². The second kappa shape index (κ2) is 10.4. The van der Waals surface area contributed by atoms with Crippen LogP contribution in [0.15, 0.2) is 89.0 Å². The highest BCUT2D eigenvalue weighted by Crippen LogP contribution is 2.38. The number of nitrogens with one attached hydrogen (secondary N) is 1. The zero-order valence-electron chi connectivity index (χ0n) is 20.0. The number of amides is 2. The van der Waals surface area contributed by atoms with Gasteiger partial charge in [0, 0.05) is 24.6 Å². The summed E-state index contributed by atoms with van der Waals surface area (Å²) in [6.07, 6.45) is 0.716. The van der Waals surface area contributed by atoms with Crippen molar-refractivity contribution in [1.82, 2.24) is 5.01 Å². The molecular formula is C28H26N4O3S. The predicted octanol–water partition coefficient (Wildman–Crippen LogP) is 5.18. The maximum Gasteiger partial charge on any atom is 0.262 e. The van der Waals surface area contributed by atoms with Gasteiger partial charge in [0.1, 0.15) is 11.0 Å². The van der Waals surface area contributed by atoms with Crippen molar-refractivity contribution < 1.29 is 14.3 Å². The third kappa shape index (κ3) is 5.18. The number of amidine groups is 1. The van der Waals surface area contributed by atoms with Crippen LogP contribution < -0.4 is 10.1 Å². The van der Waals surface area contributed by atoms with Crippen molar-refractivity contribution >= 4 is 40.1 Å². The van der Waals surface area contributed by atoms with Gasteiger partial charge in [0.15, 0.2) is 5.17 Å². The number of methoxy groups -OCH3 is 1. The molecule has 7 nitrogen and oxygen atoms in total. The maximum absolute atomic E-state index is 12.8. The summed E-state index contributed by atoms with van der Waals surface area (Å²) in [6, 6.07) is 25.4. The number of carbonyl (C=O) groups excluding carboxylic acids is 2. The summed E-state index contributed by atoms with van der Waals surface area (Å²) in [4.78, 5) is 29.8. The van der Waals surface area contributed by atoms with E-state index in [1.165, 1.54) is 17.3 Å². The van der Waals surface area contributed by atoms with Gasteiger partial charge in [0.05, 0.1) is 18.9 Å². The van der Waals surface area contributed by atoms with Gasteiger partial charge in [-0.15, -0.1) is 0 Å². The van der Waals surface area contributed by atoms with Crippen LogP contribution in [0.25, 0.3) is 0 Å². The Balaban J connectivity index is 1.33. The molecule has 0 saturated heterocycles. The van der Waals surface area contributed by atoms with Crippen LogP contribution in [0.4, 0.5) is 5.69 Å². The van der Waals surface area contributed by atoms with E-state index in [9.17, 15) is 9.59 Å². The van der Waals surface area contributed by atoms with E-state index >= 15 is 0 Å². The number of nitrogens with zero attached hydrogens (tertiary/aromatic N) is 3. The Morgan fingerprint density at radius 3 is 2.61 bits per heavy atom. The second-order valence-corrected chi connectivity index (χ2v) is 9.88.